The molecule has 1 aromatic heterocycles. The van der Waals surface area contributed by atoms with Crippen LogP contribution in [0.5, 0.6) is 0 Å². The standard InChI is InChI=1S/C19H19ClN4O4/c20-15-3-4-16(17(10-15)24(27)28)19(26)23-8-5-14(6-9-23)18(25)22-12-13-2-1-7-21-11-13/h1-4,7,10-11,14H,5-6,8-9,12H2,(H,22,25). The van der Waals surface area contributed by atoms with Crippen LogP contribution in [0.2, 0.25) is 5.02 Å². The van der Waals surface area contributed by atoms with Crippen molar-refractivity contribution in [1.29, 1.82) is 0 Å². The molecule has 1 fully saturated rings. The maximum Gasteiger partial charge on any atom is 0.283 e. The first-order valence-electron chi connectivity index (χ1n) is 8.85. The van der Waals surface area contributed by atoms with E-state index in [4.69, 9.17) is 11.6 Å². The second-order valence-electron chi connectivity index (χ2n) is 6.56. The van der Waals surface area contributed by atoms with Crippen molar-refractivity contribution in [2.75, 3.05) is 13.1 Å². The Morgan fingerprint density at radius 2 is 2.04 bits per heavy atom. The van der Waals surface area contributed by atoms with Crippen molar-refractivity contribution in [1.82, 2.24) is 15.2 Å². The molecule has 1 saturated heterocycles. The van der Waals surface area contributed by atoms with Gasteiger partial charge in [-0.05, 0) is 36.6 Å². The number of carbonyl (C=O) groups is 2. The fourth-order valence-corrected chi connectivity index (χ4v) is 3.35. The summed E-state index contributed by atoms with van der Waals surface area (Å²) in [4.78, 5) is 41.2. The number of carbonyl (C=O) groups excluding carboxylic acids is 2. The van der Waals surface area contributed by atoms with E-state index in [1.54, 1.807) is 17.3 Å². The van der Waals surface area contributed by atoms with Crippen LogP contribution in [0.25, 0.3) is 0 Å². The number of pyridine rings is 1. The van der Waals surface area contributed by atoms with Crippen molar-refractivity contribution in [3.63, 3.8) is 0 Å². The molecule has 1 aliphatic heterocycles. The minimum absolute atomic E-state index is 0.00822. The number of likely N-dealkylation sites (tertiary alicyclic amines) is 1. The molecule has 0 atom stereocenters. The molecule has 0 spiro atoms. The quantitative estimate of drug-likeness (QED) is 0.611. The van der Waals surface area contributed by atoms with Gasteiger partial charge in [-0.2, -0.15) is 0 Å². The molecule has 2 heterocycles. The Bertz CT molecular complexity index is 883. The summed E-state index contributed by atoms with van der Waals surface area (Å²) in [6, 6.07) is 7.69. The van der Waals surface area contributed by atoms with Gasteiger partial charge >= 0.3 is 0 Å². The molecule has 0 unspecified atom stereocenters. The average molecular weight is 403 g/mol. The van der Waals surface area contributed by atoms with E-state index in [2.05, 4.69) is 10.3 Å². The Kier molecular flexibility index (Phi) is 6.20. The first-order valence-corrected chi connectivity index (χ1v) is 9.23. The van der Waals surface area contributed by atoms with Crippen molar-refractivity contribution in [3.05, 3.63) is 69.0 Å². The van der Waals surface area contributed by atoms with E-state index in [0.29, 0.717) is 32.5 Å². The van der Waals surface area contributed by atoms with Crippen LogP contribution in [-0.2, 0) is 11.3 Å². The number of amides is 2. The number of nitro benzene ring substituents is 1. The topological polar surface area (TPSA) is 105 Å². The zero-order chi connectivity index (χ0) is 20.1. The van der Waals surface area contributed by atoms with Crippen LogP contribution >= 0.6 is 11.6 Å². The van der Waals surface area contributed by atoms with Gasteiger partial charge in [0.1, 0.15) is 5.56 Å². The molecule has 3 rings (SSSR count). The summed E-state index contributed by atoms with van der Waals surface area (Å²) in [6.45, 7) is 1.13. The summed E-state index contributed by atoms with van der Waals surface area (Å²) in [5.41, 5.74) is 0.612. The summed E-state index contributed by atoms with van der Waals surface area (Å²) in [7, 11) is 0. The van der Waals surface area contributed by atoms with Gasteiger partial charge in [-0.15, -0.1) is 0 Å². The Balaban J connectivity index is 1.57. The number of halogens is 1. The molecule has 8 nitrogen and oxygen atoms in total. The zero-order valence-electron chi connectivity index (χ0n) is 15.0. The molecule has 0 bridgehead atoms. The maximum atomic E-state index is 12.7. The third kappa shape index (κ3) is 4.64. The second kappa shape index (κ2) is 8.79. The molecule has 1 N–H and O–H groups in total. The van der Waals surface area contributed by atoms with Crippen LogP contribution in [0.15, 0.2) is 42.7 Å². The molecule has 9 heteroatoms. The fraction of sp³-hybridized carbons (Fsp3) is 0.316. The first-order chi connectivity index (χ1) is 13.5. The van der Waals surface area contributed by atoms with Gasteiger partial charge in [-0.1, -0.05) is 17.7 Å². The third-order valence-electron chi connectivity index (χ3n) is 4.73. The minimum Gasteiger partial charge on any atom is -0.352 e. The van der Waals surface area contributed by atoms with Crippen LogP contribution in [0.1, 0.15) is 28.8 Å². The van der Waals surface area contributed by atoms with Crippen molar-refractivity contribution >= 4 is 29.1 Å². The van der Waals surface area contributed by atoms with Crippen LogP contribution in [0, 0.1) is 16.0 Å². The van der Waals surface area contributed by atoms with Gasteiger partial charge in [0.25, 0.3) is 11.6 Å². The molecule has 0 radical (unpaired) electrons. The third-order valence-corrected chi connectivity index (χ3v) is 4.96. The molecule has 0 aliphatic carbocycles. The van der Waals surface area contributed by atoms with E-state index in [-0.39, 0.29) is 28.1 Å². The van der Waals surface area contributed by atoms with E-state index in [0.717, 1.165) is 5.56 Å². The highest BCUT2D eigenvalue weighted by Crippen LogP contribution is 2.26. The Hall–Kier alpha value is -3.00. The number of rotatable bonds is 5. The lowest BCUT2D eigenvalue weighted by Crippen LogP contribution is -2.43. The number of hydrogen-bond acceptors (Lipinski definition) is 5. The van der Waals surface area contributed by atoms with E-state index in [1.165, 1.54) is 18.2 Å². The SMILES string of the molecule is O=C(NCc1cccnc1)C1CCN(C(=O)c2ccc(Cl)cc2[N+](=O)[O-])CC1. The Labute approximate surface area is 166 Å². The highest BCUT2D eigenvalue weighted by Gasteiger charge is 2.30. The average Bonchev–Trinajstić information content (AvgIpc) is 2.72. The first kappa shape index (κ1) is 19.8. The highest BCUT2D eigenvalue weighted by atomic mass is 35.5. The van der Waals surface area contributed by atoms with Gasteiger partial charge in [-0.3, -0.25) is 24.7 Å². The molecule has 1 aliphatic rings. The van der Waals surface area contributed by atoms with Crippen molar-refractivity contribution in [2.45, 2.75) is 19.4 Å². The van der Waals surface area contributed by atoms with Crippen LogP contribution in [0.4, 0.5) is 5.69 Å². The van der Waals surface area contributed by atoms with Crippen molar-refractivity contribution in [3.8, 4) is 0 Å². The predicted octanol–water partition coefficient (Wildman–Crippen LogP) is 2.81. The van der Waals surface area contributed by atoms with Gasteiger partial charge < -0.3 is 10.2 Å². The lowest BCUT2D eigenvalue weighted by atomic mass is 9.95. The predicted molar refractivity (Wildman–Crippen MR) is 103 cm³/mol. The van der Waals surface area contributed by atoms with Crippen LogP contribution in [-0.4, -0.2) is 39.7 Å². The van der Waals surface area contributed by atoms with E-state index >= 15 is 0 Å². The van der Waals surface area contributed by atoms with Gasteiger partial charge in [0.05, 0.1) is 4.92 Å². The molecule has 1 aromatic carbocycles. The molecular weight excluding hydrogens is 384 g/mol. The normalized spacial score (nSPS) is 14.5. The largest absolute Gasteiger partial charge is 0.352 e. The molecule has 2 amide bonds. The summed E-state index contributed by atoms with van der Waals surface area (Å²) >= 11 is 5.80. The van der Waals surface area contributed by atoms with E-state index < -0.39 is 10.8 Å². The summed E-state index contributed by atoms with van der Waals surface area (Å²) in [6.07, 6.45) is 4.38. The number of nitrogens with one attached hydrogen (secondary N) is 1. The van der Waals surface area contributed by atoms with Gasteiger partial charge in [-0.25, -0.2) is 0 Å². The van der Waals surface area contributed by atoms with Gasteiger partial charge in [0.2, 0.25) is 5.91 Å². The molecule has 28 heavy (non-hydrogen) atoms. The fourth-order valence-electron chi connectivity index (χ4n) is 3.19. The van der Waals surface area contributed by atoms with E-state index in [1.807, 2.05) is 12.1 Å². The number of aromatic nitrogens is 1. The number of nitrogens with zero attached hydrogens (tertiary/aromatic N) is 3. The van der Waals surface area contributed by atoms with Crippen LogP contribution in [0.3, 0.4) is 0 Å². The lowest BCUT2D eigenvalue weighted by Gasteiger charge is -2.31. The van der Waals surface area contributed by atoms with E-state index in [9.17, 15) is 19.7 Å². The maximum absolute atomic E-state index is 12.7. The minimum atomic E-state index is -0.613. The smallest absolute Gasteiger partial charge is 0.283 e. The monoisotopic (exact) mass is 402 g/mol. The molecule has 146 valence electrons. The molecular formula is C19H19ClN4O4. The summed E-state index contributed by atoms with van der Waals surface area (Å²) in [5, 5.41) is 14.3. The zero-order valence-corrected chi connectivity index (χ0v) is 15.8. The van der Waals surface area contributed by atoms with Crippen LogP contribution < -0.4 is 5.32 Å². The summed E-state index contributed by atoms with van der Waals surface area (Å²) in [5.74, 6) is -0.674. The van der Waals surface area contributed by atoms with Gasteiger partial charge in [0, 0.05) is 49.0 Å². The lowest BCUT2D eigenvalue weighted by molar-refractivity contribution is -0.385. The number of hydrogen-bond donors (Lipinski definition) is 1. The number of nitro groups is 1. The highest BCUT2D eigenvalue weighted by molar-refractivity contribution is 6.31. The Morgan fingerprint density at radius 3 is 2.68 bits per heavy atom. The Morgan fingerprint density at radius 1 is 1.29 bits per heavy atom. The number of piperidine rings is 1. The molecule has 0 saturated carbocycles. The summed E-state index contributed by atoms with van der Waals surface area (Å²) < 4.78 is 0. The van der Waals surface area contributed by atoms with Gasteiger partial charge in [0.15, 0.2) is 0 Å². The van der Waals surface area contributed by atoms with Crippen molar-refractivity contribution < 1.29 is 14.5 Å². The molecule has 2 aromatic rings. The number of benzene rings is 1. The van der Waals surface area contributed by atoms with Crippen molar-refractivity contribution in [2.24, 2.45) is 5.92 Å². The second-order valence-corrected chi connectivity index (χ2v) is 7.00.